The number of carbonyl (C=O) groups is 1. The van der Waals surface area contributed by atoms with Gasteiger partial charge in [-0.05, 0) is 29.3 Å². The van der Waals surface area contributed by atoms with Gasteiger partial charge < -0.3 is 4.90 Å². The first-order valence-electron chi connectivity index (χ1n) is 9.57. The maximum absolute atomic E-state index is 13.4. The second-order valence-corrected chi connectivity index (χ2v) is 8.05. The molecule has 1 amide bonds. The van der Waals surface area contributed by atoms with Crippen LogP contribution in [0.2, 0.25) is 10.0 Å². The van der Waals surface area contributed by atoms with Crippen LogP contribution in [-0.4, -0.2) is 21.0 Å². The number of benzene rings is 3. The minimum atomic E-state index is -0.296. The molecule has 1 N–H and O–H groups in total. The fourth-order valence-corrected chi connectivity index (χ4v) is 4.30. The van der Waals surface area contributed by atoms with E-state index in [1.54, 1.807) is 0 Å². The Morgan fingerprint density at radius 3 is 2.33 bits per heavy atom. The van der Waals surface area contributed by atoms with E-state index in [9.17, 15) is 4.79 Å². The predicted molar refractivity (Wildman–Crippen MR) is 119 cm³/mol. The zero-order chi connectivity index (χ0) is 20.7. The lowest BCUT2D eigenvalue weighted by atomic mass is 9.96. The molecule has 2 heterocycles. The number of aromatic amines is 1. The van der Waals surface area contributed by atoms with Crippen molar-refractivity contribution in [3.05, 3.63) is 111 Å². The van der Waals surface area contributed by atoms with E-state index >= 15 is 0 Å². The molecule has 4 nitrogen and oxygen atoms in total. The maximum atomic E-state index is 13.4. The van der Waals surface area contributed by atoms with Gasteiger partial charge in [-0.15, -0.1) is 0 Å². The Bertz CT molecular complexity index is 1220. The van der Waals surface area contributed by atoms with Crippen LogP contribution >= 0.6 is 23.2 Å². The van der Waals surface area contributed by atoms with Crippen molar-refractivity contribution in [2.75, 3.05) is 0 Å². The molecule has 30 heavy (non-hydrogen) atoms. The number of nitrogens with zero attached hydrogens (tertiary/aromatic N) is 2. The lowest BCUT2D eigenvalue weighted by Crippen LogP contribution is -2.29. The molecule has 1 aliphatic rings. The summed E-state index contributed by atoms with van der Waals surface area (Å²) < 4.78 is 0. The molecule has 1 unspecified atom stereocenters. The van der Waals surface area contributed by atoms with Gasteiger partial charge in [0.15, 0.2) is 0 Å². The summed E-state index contributed by atoms with van der Waals surface area (Å²) in [5.74, 6) is -0.0976. The van der Waals surface area contributed by atoms with Crippen LogP contribution in [0.3, 0.4) is 0 Å². The molecule has 0 spiro atoms. The summed E-state index contributed by atoms with van der Waals surface area (Å²) in [5.41, 5.74) is 4.99. The molecule has 148 valence electrons. The average Bonchev–Trinajstić information content (AvgIpc) is 3.31. The van der Waals surface area contributed by atoms with Crippen LogP contribution in [0.5, 0.6) is 0 Å². The smallest absolute Gasteiger partial charge is 0.273 e. The lowest BCUT2D eigenvalue weighted by molar-refractivity contribution is 0.0730. The molecule has 0 bridgehead atoms. The van der Waals surface area contributed by atoms with E-state index in [2.05, 4.69) is 10.2 Å². The summed E-state index contributed by atoms with van der Waals surface area (Å²) in [6.07, 6.45) is 0. The summed E-state index contributed by atoms with van der Waals surface area (Å²) in [7, 11) is 0. The van der Waals surface area contributed by atoms with Crippen molar-refractivity contribution in [2.45, 2.75) is 12.6 Å². The Balaban J connectivity index is 1.66. The Hall–Kier alpha value is -3.08. The summed E-state index contributed by atoms with van der Waals surface area (Å²) in [6, 6.07) is 24.8. The molecule has 1 atom stereocenters. The van der Waals surface area contributed by atoms with Crippen LogP contribution in [-0.2, 0) is 6.54 Å². The standard InChI is InChI=1S/C24H17Cl2N3O/c25-18-12-10-16(11-13-18)23-20-21(15-6-2-1-3-7-15)27-28-22(20)24(30)29(23)14-17-8-4-5-9-19(17)26/h1-13,23H,14H2,(H,27,28). The third kappa shape index (κ3) is 3.18. The fourth-order valence-electron chi connectivity index (χ4n) is 3.98. The number of halogens is 2. The Labute approximate surface area is 184 Å². The van der Waals surface area contributed by atoms with Crippen molar-refractivity contribution in [1.29, 1.82) is 0 Å². The van der Waals surface area contributed by atoms with Crippen molar-refractivity contribution >= 4 is 29.1 Å². The van der Waals surface area contributed by atoms with Crippen LogP contribution in [0.25, 0.3) is 11.3 Å². The average molecular weight is 434 g/mol. The molecule has 1 aliphatic heterocycles. The quantitative estimate of drug-likeness (QED) is 0.420. The minimum absolute atomic E-state index is 0.0976. The summed E-state index contributed by atoms with van der Waals surface area (Å²) in [4.78, 5) is 15.2. The maximum Gasteiger partial charge on any atom is 0.273 e. The van der Waals surface area contributed by atoms with Crippen molar-refractivity contribution < 1.29 is 4.79 Å². The fraction of sp³-hybridized carbons (Fsp3) is 0.0833. The summed E-state index contributed by atoms with van der Waals surface area (Å²) >= 11 is 12.5. The topological polar surface area (TPSA) is 49.0 Å². The molecular weight excluding hydrogens is 417 g/mol. The van der Waals surface area contributed by atoms with Crippen LogP contribution < -0.4 is 0 Å². The number of aromatic nitrogens is 2. The largest absolute Gasteiger partial charge is 0.322 e. The third-order valence-electron chi connectivity index (χ3n) is 5.40. The number of H-pyrrole nitrogens is 1. The van der Waals surface area contributed by atoms with E-state index in [1.807, 2.05) is 83.8 Å². The highest BCUT2D eigenvalue weighted by molar-refractivity contribution is 6.31. The van der Waals surface area contributed by atoms with Gasteiger partial charge in [-0.25, -0.2) is 0 Å². The number of amides is 1. The van der Waals surface area contributed by atoms with Crippen LogP contribution in [0.15, 0.2) is 78.9 Å². The zero-order valence-corrected chi connectivity index (χ0v) is 17.4. The van der Waals surface area contributed by atoms with Crippen molar-refractivity contribution in [2.24, 2.45) is 0 Å². The SMILES string of the molecule is O=C1c2[nH]nc(-c3ccccc3)c2C(c2ccc(Cl)cc2)N1Cc1ccccc1Cl. The molecular formula is C24H17Cl2N3O. The van der Waals surface area contributed by atoms with Crippen LogP contribution in [0, 0.1) is 0 Å². The zero-order valence-electron chi connectivity index (χ0n) is 15.8. The van der Waals surface area contributed by atoms with E-state index in [-0.39, 0.29) is 11.9 Å². The van der Waals surface area contributed by atoms with Gasteiger partial charge in [0.05, 0.1) is 11.7 Å². The number of carbonyl (C=O) groups excluding carboxylic acids is 1. The number of hydrogen-bond donors (Lipinski definition) is 1. The van der Waals surface area contributed by atoms with Gasteiger partial charge in [-0.1, -0.05) is 83.9 Å². The lowest BCUT2D eigenvalue weighted by Gasteiger charge is -2.27. The molecule has 0 radical (unpaired) electrons. The molecule has 0 fully saturated rings. The first-order valence-corrected chi connectivity index (χ1v) is 10.3. The highest BCUT2D eigenvalue weighted by Gasteiger charge is 2.42. The third-order valence-corrected chi connectivity index (χ3v) is 6.02. The molecule has 6 heteroatoms. The molecule has 0 saturated carbocycles. The van der Waals surface area contributed by atoms with Crippen molar-refractivity contribution in [3.63, 3.8) is 0 Å². The summed E-state index contributed by atoms with van der Waals surface area (Å²) in [5, 5.41) is 8.75. The van der Waals surface area contributed by atoms with E-state index in [4.69, 9.17) is 23.2 Å². The number of hydrogen-bond acceptors (Lipinski definition) is 2. The van der Waals surface area contributed by atoms with E-state index in [0.29, 0.717) is 22.3 Å². The molecule has 3 aromatic carbocycles. The van der Waals surface area contributed by atoms with Gasteiger partial charge >= 0.3 is 0 Å². The Kier molecular flexibility index (Phi) is 4.81. The van der Waals surface area contributed by atoms with E-state index in [0.717, 1.165) is 27.9 Å². The van der Waals surface area contributed by atoms with Crippen LogP contribution in [0.1, 0.15) is 33.2 Å². The number of nitrogens with one attached hydrogen (secondary N) is 1. The summed E-state index contributed by atoms with van der Waals surface area (Å²) in [6.45, 7) is 0.391. The molecule has 4 aromatic rings. The Morgan fingerprint density at radius 2 is 1.60 bits per heavy atom. The first-order chi connectivity index (χ1) is 14.6. The minimum Gasteiger partial charge on any atom is -0.322 e. The predicted octanol–water partition coefficient (Wildman–Crippen LogP) is 6.13. The second-order valence-electron chi connectivity index (χ2n) is 7.21. The van der Waals surface area contributed by atoms with Gasteiger partial charge in [0, 0.05) is 27.7 Å². The van der Waals surface area contributed by atoms with Gasteiger partial charge in [-0.2, -0.15) is 5.10 Å². The molecule has 1 aromatic heterocycles. The first kappa shape index (κ1) is 18.9. The van der Waals surface area contributed by atoms with Crippen molar-refractivity contribution in [3.8, 4) is 11.3 Å². The Morgan fingerprint density at radius 1 is 0.900 bits per heavy atom. The normalized spacial score (nSPS) is 15.5. The second kappa shape index (κ2) is 7.63. The van der Waals surface area contributed by atoms with Crippen molar-refractivity contribution in [1.82, 2.24) is 15.1 Å². The highest BCUT2D eigenvalue weighted by atomic mass is 35.5. The van der Waals surface area contributed by atoms with Crippen LogP contribution in [0.4, 0.5) is 0 Å². The van der Waals surface area contributed by atoms with Gasteiger partial charge in [-0.3, -0.25) is 9.89 Å². The van der Waals surface area contributed by atoms with E-state index in [1.165, 1.54) is 0 Å². The molecule has 0 aliphatic carbocycles. The number of rotatable bonds is 4. The highest BCUT2D eigenvalue weighted by Crippen LogP contribution is 2.43. The molecule has 0 saturated heterocycles. The molecule has 5 rings (SSSR count). The van der Waals surface area contributed by atoms with Gasteiger partial charge in [0.1, 0.15) is 5.69 Å². The van der Waals surface area contributed by atoms with E-state index < -0.39 is 0 Å². The van der Waals surface area contributed by atoms with Gasteiger partial charge in [0.2, 0.25) is 0 Å². The monoisotopic (exact) mass is 433 g/mol. The number of fused-ring (bicyclic) bond motifs is 1. The van der Waals surface area contributed by atoms with Gasteiger partial charge in [0.25, 0.3) is 5.91 Å².